The van der Waals surface area contributed by atoms with E-state index in [-0.39, 0.29) is 0 Å². The van der Waals surface area contributed by atoms with Crippen LogP contribution < -0.4 is 0 Å². The Bertz CT molecular complexity index is 69.0. The van der Waals surface area contributed by atoms with Gasteiger partial charge in [-0.15, -0.1) is 0 Å². The lowest BCUT2D eigenvalue weighted by atomic mass is 10.7. The summed E-state index contributed by atoms with van der Waals surface area (Å²) in [6, 6.07) is 0. The lowest BCUT2D eigenvalue weighted by molar-refractivity contribution is -0.284. The largest absolute Gasteiger partial charge is 0.462 e. The number of alkyl halides is 5. The average Bonchev–Trinajstić information content (AvgIpc) is 1.25. The lowest BCUT2D eigenvalue weighted by Gasteiger charge is -2.10. The molecule has 1 atom stereocenters. The summed E-state index contributed by atoms with van der Waals surface area (Å²) >= 11 is 1.25. The Labute approximate surface area is 50.4 Å². The quantitative estimate of drug-likeness (QED) is 0.417. The van der Waals surface area contributed by atoms with Gasteiger partial charge in [0.2, 0.25) is 0 Å². The summed E-state index contributed by atoms with van der Waals surface area (Å²) in [5, 5.41) is 9.25. The first kappa shape index (κ1) is 8.16. The highest BCUT2D eigenvalue weighted by Crippen LogP contribution is 2.36. The second-order valence-corrected chi connectivity index (χ2v) is 2.03. The summed E-state index contributed by atoms with van der Waals surface area (Å²) in [5.74, 6) is 0. The first-order valence-electron chi connectivity index (χ1n) is 1.40. The molecular weight excluding hydrogens is 196 g/mol. The zero-order valence-corrected chi connectivity index (χ0v) is 4.88. The minimum Gasteiger partial charge on any atom is -0.186 e. The molecule has 6 heteroatoms. The van der Waals surface area contributed by atoms with Crippen molar-refractivity contribution in [2.45, 2.75) is 10.9 Å². The lowest BCUT2D eigenvalue weighted by Crippen LogP contribution is -2.32. The number of hydrogen-bond donors (Lipinski definition) is 0. The first-order chi connectivity index (χ1) is 3.25. The Balaban J connectivity index is 4.02. The molecule has 8 heavy (non-hydrogen) atoms. The molecule has 0 aliphatic rings. The monoisotopic (exact) mass is 195 g/mol. The van der Waals surface area contributed by atoms with E-state index < -0.39 is 10.9 Å². The maximum absolute atomic E-state index is 11.1. The second kappa shape index (κ2) is 1.84. The van der Waals surface area contributed by atoms with Gasteiger partial charge in [-0.25, -0.2) is 0 Å². The van der Waals surface area contributed by atoms with Gasteiger partial charge in [-0.1, -0.05) is 0 Å². The minimum absolute atomic E-state index is 1.25. The maximum Gasteiger partial charge on any atom is 0.462 e. The Morgan fingerprint density at radius 2 is 1.25 bits per heavy atom. The summed E-state index contributed by atoms with van der Waals surface area (Å²) in [6.07, 6.45) is -5.37. The molecule has 0 saturated heterocycles. The third-order valence-electron chi connectivity index (χ3n) is 0.330. The van der Waals surface area contributed by atoms with Crippen LogP contribution in [0.2, 0.25) is 0 Å². The van der Waals surface area contributed by atoms with Gasteiger partial charge in [0, 0.05) is 0 Å². The third kappa shape index (κ3) is 1.95. The molecular formula is C2BrF4O. The van der Waals surface area contributed by atoms with E-state index in [0.29, 0.717) is 0 Å². The SMILES string of the molecule is [O]C(F)(Br)C(F)(F)F. The first-order valence-corrected chi connectivity index (χ1v) is 2.19. The molecule has 0 aromatic carbocycles. The van der Waals surface area contributed by atoms with Gasteiger partial charge in [0.25, 0.3) is 0 Å². The minimum atomic E-state index is -5.37. The van der Waals surface area contributed by atoms with Gasteiger partial charge in [-0.3, -0.25) is 0 Å². The van der Waals surface area contributed by atoms with Crippen molar-refractivity contribution in [3.8, 4) is 0 Å². The summed E-state index contributed by atoms with van der Waals surface area (Å²) in [5.41, 5.74) is 0. The molecule has 1 unspecified atom stereocenters. The van der Waals surface area contributed by atoms with Crippen LogP contribution in [0.4, 0.5) is 17.6 Å². The molecule has 1 nitrogen and oxygen atoms in total. The fraction of sp³-hybridized carbons (Fsp3) is 1.00. The van der Waals surface area contributed by atoms with Gasteiger partial charge in [0.1, 0.15) is 0 Å². The van der Waals surface area contributed by atoms with Crippen molar-refractivity contribution in [2.24, 2.45) is 0 Å². The molecule has 0 aliphatic carbocycles. The molecule has 0 spiro atoms. The van der Waals surface area contributed by atoms with Crippen LogP contribution in [0.5, 0.6) is 0 Å². The molecule has 0 bridgehead atoms. The van der Waals surface area contributed by atoms with Crippen LogP contribution in [0.25, 0.3) is 0 Å². The van der Waals surface area contributed by atoms with Crippen LogP contribution in [-0.4, -0.2) is 10.9 Å². The van der Waals surface area contributed by atoms with Crippen LogP contribution in [0, 0.1) is 0 Å². The molecule has 49 valence electrons. The topological polar surface area (TPSA) is 19.9 Å². The van der Waals surface area contributed by atoms with Gasteiger partial charge in [-0.2, -0.15) is 22.7 Å². The van der Waals surface area contributed by atoms with Crippen molar-refractivity contribution in [1.29, 1.82) is 0 Å². The Kier molecular flexibility index (Phi) is 1.87. The van der Waals surface area contributed by atoms with Crippen molar-refractivity contribution in [3.63, 3.8) is 0 Å². The summed E-state index contributed by atoms with van der Waals surface area (Å²) < 4.78 is 39.1. The van der Waals surface area contributed by atoms with Crippen LogP contribution in [-0.2, 0) is 5.11 Å². The van der Waals surface area contributed by atoms with Crippen molar-refractivity contribution < 1.29 is 22.7 Å². The fourth-order valence-corrected chi connectivity index (χ4v) is 0. The van der Waals surface area contributed by atoms with Crippen LogP contribution >= 0.6 is 15.9 Å². The average molecular weight is 196 g/mol. The fourth-order valence-electron chi connectivity index (χ4n) is 0. The van der Waals surface area contributed by atoms with Crippen molar-refractivity contribution in [3.05, 3.63) is 0 Å². The molecule has 0 aromatic rings. The van der Waals surface area contributed by atoms with E-state index in [1.807, 2.05) is 0 Å². The molecule has 0 aliphatic heterocycles. The van der Waals surface area contributed by atoms with Gasteiger partial charge in [0.15, 0.2) is 0 Å². The zero-order valence-electron chi connectivity index (χ0n) is 3.30. The smallest absolute Gasteiger partial charge is 0.186 e. The van der Waals surface area contributed by atoms with Crippen molar-refractivity contribution in [1.82, 2.24) is 0 Å². The van der Waals surface area contributed by atoms with Crippen molar-refractivity contribution in [2.75, 3.05) is 0 Å². The third-order valence-corrected chi connectivity index (χ3v) is 0.780. The second-order valence-electron chi connectivity index (χ2n) is 1.01. The molecule has 0 saturated carbocycles. The molecule has 0 amide bonds. The maximum atomic E-state index is 11.1. The Morgan fingerprint density at radius 1 is 1.12 bits per heavy atom. The van der Waals surface area contributed by atoms with E-state index in [1.54, 1.807) is 0 Å². The predicted octanol–water partition coefficient (Wildman–Crippen LogP) is 2.00. The standard InChI is InChI=1S/C2BrF4O/c3-1(4,8)2(5,6)7. The van der Waals surface area contributed by atoms with Gasteiger partial charge < -0.3 is 0 Å². The molecule has 1 radical (unpaired) electrons. The summed E-state index contributed by atoms with van der Waals surface area (Å²) in [4.78, 5) is 0. The van der Waals surface area contributed by atoms with Gasteiger partial charge in [0.05, 0.1) is 0 Å². The van der Waals surface area contributed by atoms with Crippen LogP contribution in [0.1, 0.15) is 0 Å². The highest BCUT2D eigenvalue weighted by atomic mass is 79.9. The number of hydrogen-bond acceptors (Lipinski definition) is 0. The van der Waals surface area contributed by atoms with Gasteiger partial charge in [-0.05, 0) is 15.9 Å². The number of halogens is 5. The normalized spacial score (nSPS) is 20.2. The Hall–Kier alpha value is 0.160. The summed E-state index contributed by atoms with van der Waals surface area (Å²) in [6.45, 7) is 0. The highest BCUT2D eigenvalue weighted by Gasteiger charge is 2.55. The summed E-state index contributed by atoms with van der Waals surface area (Å²) in [7, 11) is 0. The highest BCUT2D eigenvalue weighted by molar-refractivity contribution is 9.10. The van der Waals surface area contributed by atoms with Gasteiger partial charge >= 0.3 is 10.9 Å². The van der Waals surface area contributed by atoms with E-state index >= 15 is 0 Å². The zero-order chi connectivity index (χ0) is 7.00. The molecule has 0 heterocycles. The van der Waals surface area contributed by atoms with E-state index in [1.165, 1.54) is 15.9 Å². The number of rotatable bonds is 0. The van der Waals surface area contributed by atoms with Crippen LogP contribution in [0.3, 0.4) is 0 Å². The van der Waals surface area contributed by atoms with Crippen molar-refractivity contribution >= 4 is 15.9 Å². The van der Waals surface area contributed by atoms with E-state index in [2.05, 4.69) is 0 Å². The molecule has 0 rings (SSSR count). The molecule has 0 aromatic heterocycles. The van der Waals surface area contributed by atoms with E-state index in [0.717, 1.165) is 0 Å². The van der Waals surface area contributed by atoms with Crippen LogP contribution in [0.15, 0.2) is 0 Å². The predicted molar refractivity (Wildman–Crippen MR) is 19.5 cm³/mol. The Morgan fingerprint density at radius 3 is 1.25 bits per heavy atom. The molecule has 0 fully saturated rings. The molecule has 0 N–H and O–H groups in total. The van der Waals surface area contributed by atoms with E-state index in [4.69, 9.17) is 0 Å². The van der Waals surface area contributed by atoms with E-state index in [9.17, 15) is 22.7 Å².